The van der Waals surface area contributed by atoms with Gasteiger partial charge in [0.1, 0.15) is 0 Å². The Morgan fingerprint density at radius 1 is 0.900 bits per heavy atom. The van der Waals surface area contributed by atoms with Crippen LogP contribution in [0.4, 0.5) is 11.4 Å². The van der Waals surface area contributed by atoms with Crippen molar-refractivity contribution in [3.8, 4) is 0 Å². The Kier molecular flexibility index (Phi) is 4.78. The van der Waals surface area contributed by atoms with Gasteiger partial charge in [-0.05, 0) is 80.0 Å². The third-order valence-electron chi connectivity index (χ3n) is 3.20. The maximum atomic E-state index is 5.35. The number of hydrogen-bond donors (Lipinski definition) is 2. The van der Waals surface area contributed by atoms with Crippen LogP contribution in [0.1, 0.15) is 16.7 Å². The molecule has 0 saturated heterocycles. The molecule has 0 aliphatic carbocycles. The predicted molar refractivity (Wildman–Crippen MR) is 94.6 cm³/mol. The third-order valence-corrected chi connectivity index (χ3v) is 3.90. The van der Waals surface area contributed by atoms with Gasteiger partial charge in [-0.1, -0.05) is 22.0 Å². The van der Waals surface area contributed by atoms with E-state index in [1.165, 1.54) is 11.1 Å². The number of nitrogens with one attached hydrogen (secondary N) is 2. The van der Waals surface area contributed by atoms with Gasteiger partial charge in [-0.15, -0.1) is 0 Å². The fourth-order valence-electron chi connectivity index (χ4n) is 1.87. The molecule has 20 heavy (non-hydrogen) atoms. The van der Waals surface area contributed by atoms with E-state index in [9.17, 15) is 0 Å². The lowest BCUT2D eigenvalue weighted by Crippen LogP contribution is -2.19. The van der Waals surface area contributed by atoms with Gasteiger partial charge in [0.2, 0.25) is 0 Å². The van der Waals surface area contributed by atoms with Gasteiger partial charge < -0.3 is 10.6 Å². The highest BCUT2D eigenvalue weighted by molar-refractivity contribution is 9.10. The first-order valence-electron chi connectivity index (χ1n) is 6.37. The summed E-state index contributed by atoms with van der Waals surface area (Å²) >= 11 is 8.81. The van der Waals surface area contributed by atoms with Crippen LogP contribution in [0.15, 0.2) is 40.9 Å². The quantitative estimate of drug-likeness (QED) is 0.730. The molecule has 0 bridgehead atoms. The number of hydrogen-bond acceptors (Lipinski definition) is 1. The molecule has 4 heteroatoms. The van der Waals surface area contributed by atoms with Crippen LogP contribution in [0.3, 0.4) is 0 Å². The van der Waals surface area contributed by atoms with Crippen molar-refractivity contribution in [3.05, 3.63) is 57.6 Å². The van der Waals surface area contributed by atoms with Crippen LogP contribution in [0.2, 0.25) is 0 Å². The summed E-state index contributed by atoms with van der Waals surface area (Å²) in [5.74, 6) is 0. The number of benzene rings is 2. The molecular formula is C16H17BrN2S. The first-order chi connectivity index (χ1) is 9.45. The van der Waals surface area contributed by atoms with Crippen LogP contribution in [-0.2, 0) is 0 Å². The summed E-state index contributed by atoms with van der Waals surface area (Å²) in [6.07, 6.45) is 0. The Morgan fingerprint density at radius 2 is 1.65 bits per heavy atom. The minimum absolute atomic E-state index is 0.596. The molecule has 2 N–H and O–H groups in total. The lowest BCUT2D eigenvalue weighted by molar-refractivity contribution is 1.34. The van der Waals surface area contributed by atoms with E-state index in [2.05, 4.69) is 58.6 Å². The van der Waals surface area contributed by atoms with Crippen molar-refractivity contribution in [2.45, 2.75) is 20.8 Å². The average Bonchev–Trinajstić information content (AvgIpc) is 2.37. The Morgan fingerprint density at radius 3 is 2.30 bits per heavy atom. The van der Waals surface area contributed by atoms with Crippen LogP contribution < -0.4 is 10.6 Å². The molecule has 0 aliphatic rings. The minimum atomic E-state index is 0.596. The maximum absolute atomic E-state index is 5.35. The summed E-state index contributed by atoms with van der Waals surface area (Å²) < 4.78 is 1.06. The summed E-state index contributed by atoms with van der Waals surface area (Å²) in [5, 5.41) is 7.02. The van der Waals surface area contributed by atoms with Crippen LogP contribution in [-0.4, -0.2) is 5.11 Å². The standard InChI is InChI=1S/C16H17BrN2S/c1-10-4-6-14(9-11(10)2)18-16(20)19-15-7-5-13(17)8-12(15)3/h4-9H,1-3H3,(H2,18,19,20). The summed E-state index contributed by atoms with van der Waals surface area (Å²) in [5.41, 5.74) is 5.68. The van der Waals surface area contributed by atoms with Gasteiger partial charge in [0.05, 0.1) is 0 Å². The molecule has 2 aromatic rings. The topological polar surface area (TPSA) is 24.1 Å². The fourth-order valence-corrected chi connectivity index (χ4v) is 2.57. The fraction of sp³-hybridized carbons (Fsp3) is 0.188. The molecule has 0 aliphatic heterocycles. The zero-order valence-corrected chi connectivity index (χ0v) is 14.2. The highest BCUT2D eigenvalue weighted by Gasteiger charge is 2.03. The van der Waals surface area contributed by atoms with Crippen molar-refractivity contribution in [2.24, 2.45) is 0 Å². The van der Waals surface area contributed by atoms with E-state index in [1.807, 2.05) is 25.1 Å². The van der Waals surface area contributed by atoms with Crippen molar-refractivity contribution in [1.29, 1.82) is 0 Å². The molecular weight excluding hydrogens is 332 g/mol. The molecule has 0 heterocycles. The monoisotopic (exact) mass is 348 g/mol. The molecule has 0 fully saturated rings. The summed E-state index contributed by atoms with van der Waals surface area (Å²) in [7, 11) is 0. The molecule has 0 atom stereocenters. The first-order valence-corrected chi connectivity index (χ1v) is 7.57. The second-order valence-electron chi connectivity index (χ2n) is 4.84. The van der Waals surface area contributed by atoms with Gasteiger partial charge in [0.25, 0.3) is 0 Å². The van der Waals surface area contributed by atoms with E-state index < -0.39 is 0 Å². The summed E-state index contributed by atoms with van der Waals surface area (Å²) in [6, 6.07) is 12.3. The number of thiocarbonyl (C=S) groups is 1. The van der Waals surface area contributed by atoms with Gasteiger partial charge in [0, 0.05) is 15.8 Å². The largest absolute Gasteiger partial charge is 0.332 e. The maximum Gasteiger partial charge on any atom is 0.175 e. The minimum Gasteiger partial charge on any atom is -0.332 e. The van der Waals surface area contributed by atoms with Crippen molar-refractivity contribution in [3.63, 3.8) is 0 Å². The predicted octanol–water partition coefficient (Wildman–Crippen LogP) is 5.18. The Labute approximate surface area is 133 Å². The highest BCUT2D eigenvalue weighted by atomic mass is 79.9. The zero-order valence-electron chi connectivity index (χ0n) is 11.8. The van der Waals surface area contributed by atoms with E-state index in [4.69, 9.17) is 12.2 Å². The van der Waals surface area contributed by atoms with E-state index in [0.717, 1.165) is 21.4 Å². The van der Waals surface area contributed by atoms with E-state index >= 15 is 0 Å². The van der Waals surface area contributed by atoms with Crippen LogP contribution >= 0.6 is 28.1 Å². The van der Waals surface area contributed by atoms with Crippen molar-refractivity contribution < 1.29 is 0 Å². The number of aryl methyl sites for hydroxylation is 3. The molecule has 104 valence electrons. The summed E-state index contributed by atoms with van der Waals surface area (Å²) in [4.78, 5) is 0. The SMILES string of the molecule is Cc1ccc(NC(=S)Nc2ccc(Br)cc2C)cc1C. The highest BCUT2D eigenvalue weighted by Crippen LogP contribution is 2.20. The number of halogens is 1. The van der Waals surface area contributed by atoms with Crippen molar-refractivity contribution >= 4 is 44.6 Å². The normalized spacial score (nSPS) is 10.2. The van der Waals surface area contributed by atoms with Crippen molar-refractivity contribution in [2.75, 3.05) is 10.6 Å². The Hall–Kier alpha value is -1.39. The van der Waals surface area contributed by atoms with Gasteiger partial charge in [-0.2, -0.15) is 0 Å². The van der Waals surface area contributed by atoms with Gasteiger partial charge >= 0.3 is 0 Å². The van der Waals surface area contributed by atoms with E-state index in [-0.39, 0.29) is 0 Å². The second kappa shape index (κ2) is 6.37. The van der Waals surface area contributed by atoms with Gasteiger partial charge in [-0.25, -0.2) is 0 Å². The second-order valence-corrected chi connectivity index (χ2v) is 6.16. The molecule has 0 radical (unpaired) electrons. The van der Waals surface area contributed by atoms with Crippen LogP contribution in [0.25, 0.3) is 0 Å². The molecule has 0 saturated carbocycles. The van der Waals surface area contributed by atoms with E-state index in [0.29, 0.717) is 5.11 Å². The lowest BCUT2D eigenvalue weighted by atomic mass is 10.1. The Balaban J connectivity index is 2.07. The van der Waals surface area contributed by atoms with Crippen molar-refractivity contribution in [1.82, 2.24) is 0 Å². The number of rotatable bonds is 2. The van der Waals surface area contributed by atoms with Gasteiger partial charge in [-0.3, -0.25) is 0 Å². The number of anilines is 2. The molecule has 0 spiro atoms. The lowest BCUT2D eigenvalue weighted by Gasteiger charge is -2.13. The molecule has 2 aromatic carbocycles. The molecule has 2 rings (SSSR count). The smallest absolute Gasteiger partial charge is 0.175 e. The molecule has 2 nitrogen and oxygen atoms in total. The van der Waals surface area contributed by atoms with E-state index in [1.54, 1.807) is 0 Å². The zero-order chi connectivity index (χ0) is 14.7. The molecule has 0 amide bonds. The summed E-state index contributed by atoms with van der Waals surface area (Å²) in [6.45, 7) is 6.24. The molecule has 0 aromatic heterocycles. The third kappa shape index (κ3) is 3.81. The average molecular weight is 349 g/mol. The molecule has 0 unspecified atom stereocenters. The van der Waals surface area contributed by atoms with Crippen LogP contribution in [0.5, 0.6) is 0 Å². The van der Waals surface area contributed by atoms with Gasteiger partial charge in [0.15, 0.2) is 5.11 Å². The van der Waals surface area contributed by atoms with Crippen LogP contribution in [0, 0.1) is 20.8 Å². The Bertz CT molecular complexity index is 653. The first kappa shape index (κ1) is 15.0.